The highest BCUT2D eigenvalue weighted by atomic mass is 32.2. The minimum absolute atomic E-state index is 0.00966. The maximum absolute atomic E-state index is 12.8. The maximum atomic E-state index is 12.8. The van der Waals surface area contributed by atoms with E-state index in [9.17, 15) is 14.0 Å². The van der Waals surface area contributed by atoms with E-state index in [2.05, 4.69) is 5.32 Å². The highest BCUT2D eigenvalue weighted by Gasteiger charge is 2.19. The van der Waals surface area contributed by atoms with Gasteiger partial charge in [0.25, 0.3) is 5.91 Å². The Labute approximate surface area is 143 Å². The molecule has 5 nitrogen and oxygen atoms in total. The second-order valence-corrected chi connectivity index (χ2v) is 6.19. The van der Waals surface area contributed by atoms with Crippen LogP contribution in [-0.2, 0) is 6.42 Å². The van der Waals surface area contributed by atoms with Gasteiger partial charge in [0.15, 0.2) is 5.76 Å². The Morgan fingerprint density at radius 2 is 2.00 bits per heavy atom. The normalized spacial score (nSPS) is 10.6. The molecule has 1 aromatic carbocycles. The molecule has 0 radical (unpaired) electrons. The van der Waals surface area contributed by atoms with E-state index in [1.807, 2.05) is 0 Å². The number of nitrogens with one attached hydrogen (secondary N) is 1. The minimum Gasteiger partial charge on any atom is -0.478 e. The monoisotopic (exact) mass is 351 g/mol. The number of carbonyl (C=O) groups is 2. The summed E-state index contributed by atoms with van der Waals surface area (Å²) in [5.74, 6) is -0.730. The van der Waals surface area contributed by atoms with Crippen molar-refractivity contribution in [3.63, 3.8) is 0 Å². The first-order chi connectivity index (χ1) is 11.5. The molecule has 0 aliphatic carbocycles. The average molecular weight is 351 g/mol. The van der Waals surface area contributed by atoms with Gasteiger partial charge in [0.1, 0.15) is 17.1 Å². The first-order valence-corrected chi connectivity index (χ1v) is 8.52. The number of carboxylic acid groups (broad SMARTS) is 1. The summed E-state index contributed by atoms with van der Waals surface area (Å²) >= 11 is 1.57. The Hall–Kier alpha value is -2.28. The minimum atomic E-state index is -1.11. The fourth-order valence-electron chi connectivity index (χ4n) is 2.07. The molecule has 0 atom stereocenters. The van der Waals surface area contributed by atoms with E-state index in [1.54, 1.807) is 30.8 Å². The predicted molar refractivity (Wildman–Crippen MR) is 89.1 cm³/mol. The van der Waals surface area contributed by atoms with Gasteiger partial charge in [0.2, 0.25) is 0 Å². The van der Waals surface area contributed by atoms with E-state index in [0.717, 1.165) is 17.1 Å². The summed E-state index contributed by atoms with van der Waals surface area (Å²) in [6.45, 7) is 2.21. The summed E-state index contributed by atoms with van der Waals surface area (Å²) in [4.78, 5) is 24.0. The van der Waals surface area contributed by atoms with Gasteiger partial charge in [-0.25, -0.2) is 9.18 Å². The van der Waals surface area contributed by atoms with Crippen molar-refractivity contribution < 1.29 is 23.5 Å². The van der Waals surface area contributed by atoms with Crippen LogP contribution in [0.2, 0.25) is 0 Å². The smallest absolute Gasteiger partial charge is 0.339 e. The van der Waals surface area contributed by atoms with Gasteiger partial charge in [-0.05, 0) is 36.4 Å². The van der Waals surface area contributed by atoms with Crippen molar-refractivity contribution in [3.05, 3.63) is 53.2 Å². The van der Waals surface area contributed by atoms with Crippen molar-refractivity contribution in [2.75, 3.05) is 12.3 Å². The van der Waals surface area contributed by atoms with Crippen molar-refractivity contribution in [1.82, 2.24) is 5.32 Å². The third-order valence-corrected chi connectivity index (χ3v) is 4.37. The van der Waals surface area contributed by atoms with Crippen LogP contribution < -0.4 is 5.32 Å². The summed E-state index contributed by atoms with van der Waals surface area (Å²) in [5, 5.41) is 11.7. The lowest BCUT2D eigenvalue weighted by Crippen LogP contribution is -2.24. The molecule has 0 bridgehead atoms. The van der Waals surface area contributed by atoms with Crippen LogP contribution in [0.15, 0.2) is 39.6 Å². The van der Waals surface area contributed by atoms with Gasteiger partial charge in [0, 0.05) is 23.9 Å². The van der Waals surface area contributed by atoms with Crippen molar-refractivity contribution in [1.29, 1.82) is 0 Å². The van der Waals surface area contributed by atoms with Gasteiger partial charge in [-0.3, -0.25) is 4.79 Å². The number of aromatic carboxylic acids is 1. The van der Waals surface area contributed by atoms with E-state index < -0.39 is 11.9 Å². The number of amides is 1. The quantitative estimate of drug-likeness (QED) is 0.561. The molecular weight excluding hydrogens is 333 g/mol. The van der Waals surface area contributed by atoms with Crippen molar-refractivity contribution in [3.8, 4) is 0 Å². The van der Waals surface area contributed by atoms with E-state index in [0.29, 0.717) is 18.7 Å². The van der Waals surface area contributed by atoms with Gasteiger partial charge in [-0.1, -0.05) is 6.92 Å². The van der Waals surface area contributed by atoms with E-state index in [4.69, 9.17) is 9.52 Å². The summed E-state index contributed by atoms with van der Waals surface area (Å²) in [7, 11) is 0. The number of hydrogen-bond acceptors (Lipinski definition) is 4. The molecule has 7 heteroatoms. The molecule has 1 amide bonds. The molecule has 2 rings (SSSR count). The second kappa shape index (κ2) is 8.54. The topological polar surface area (TPSA) is 79.5 Å². The Morgan fingerprint density at radius 1 is 1.29 bits per heavy atom. The van der Waals surface area contributed by atoms with Crippen LogP contribution >= 0.6 is 11.8 Å². The van der Waals surface area contributed by atoms with Crippen molar-refractivity contribution in [2.45, 2.75) is 24.7 Å². The van der Waals surface area contributed by atoms with E-state index in [1.165, 1.54) is 18.2 Å². The lowest BCUT2D eigenvalue weighted by molar-refractivity contribution is 0.0694. The molecule has 0 aliphatic rings. The van der Waals surface area contributed by atoms with Gasteiger partial charge < -0.3 is 14.8 Å². The molecule has 24 heavy (non-hydrogen) atoms. The maximum Gasteiger partial charge on any atom is 0.339 e. The van der Waals surface area contributed by atoms with Crippen LogP contribution in [0.1, 0.15) is 40.0 Å². The van der Waals surface area contributed by atoms with Crippen LogP contribution in [0.4, 0.5) is 4.39 Å². The summed E-state index contributed by atoms with van der Waals surface area (Å²) in [6.07, 6.45) is 1.13. The Kier molecular flexibility index (Phi) is 6.43. The standard InChI is InChI=1S/C17H18FNO4S/c1-2-14-13(17(21)22)10-15(23-14)16(20)19-8-3-9-24-12-6-4-11(18)5-7-12/h4-7,10H,2-3,8-9H2,1H3,(H,19,20)(H,21,22). The fourth-order valence-corrected chi connectivity index (χ4v) is 2.92. The zero-order valence-electron chi connectivity index (χ0n) is 13.2. The Bertz CT molecular complexity index is 712. The number of carboxylic acids is 1. The fraction of sp³-hybridized carbons (Fsp3) is 0.294. The van der Waals surface area contributed by atoms with Crippen LogP contribution in [0, 0.1) is 5.82 Å². The lowest BCUT2D eigenvalue weighted by Gasteiger charge is -2.04. The molecule has 1 aromatic heterocycles. The number of rotatable bonds is 8. The molecular formula is C17H18FNO4S. The summed E-state index contributed by atoms with van der Waals surface area (Å²) < 4.78 is 18.1. The Balaban J connectivity index is 1.77. The number of furan rings is 1. The van der Waals surface area contributed by atoms with Crippen LogP contribution in [0.5, 0.6) is 0 Å². The molecule has 128 valence electrons. The number of thioether (sulfide) groups is 1. The molecule has 1 heterocycles. The Morgan fingerprint density at radius 3 is 2.58 bits per heavy atom. The summed E-state index contributed by atoms with van der Waals surface area (Å²) in [6, 6.07) is 7.49. The van der Waals surface area contributed by atoms with E-state index in [-0.39, 0.29) is 17.1 Å². The number of aryl methyl sites for hydroxylation is 1. The average Bonchev–Trinajstić information content (AvgIpc) is 3.01. The summed E-state index contributed by atoms with van der Waals surface area (Å²) in [5.41, 5.74) is 0.0227. The van der Waals surface area contributed by atoms with Gasteiger partial charge >= 0.3 is 5.97 Å². The number of halogens is 1. The van der Waals surface area contributed by atoms with E-state index >= 15 is 0 Å². The van der Waals surface area contributed by atoms with Gasteiger partial charge in [-0.2, -0.15) is 0 Å². The first-order valence-electron chi connectivity index (χ1n) is 7.53. The molecule has 2 N–H and O–H groups in total. The molecule has 0 unspecified atom stereocenters. The second-order valence-electron chi connectivity index (χ2n) is 5.02. The van der Waals surface area contributed by atoms with Crippen LogP contribution in [-0.4, -0.2) is 29.3 Å². The molecule has 0 fully saturated rings. The number of hydrogen-bond donors (Lipinski definition) is 2. The highest BCUT2D eigenvalue weighted by molar-refractivity contribution is 7.99. The molecule has 0 spiro atoms. The predicted octanol–water partition coefficient (Wildman–Crippen LogP) is 3.59. The molecule has 2 aromatic rings. The third kappa shape index (κ3) is 4.86. The third-order valence-electron chi connectivity index (χ3n) is 3.27. The van der Waals surface area contributed by atoms with Crippen molar-refractivity contribution >= 4 is 23.6 Å². The molecule has 0 aliphatic heterocycles. The van der Waals surface area contributed by atoms with Gasteiger partial charge in [-0.15, -0.1) is 11.8 Å². The SMILES string of the molecule is CCc1oc(C(=O)NCCCSc2ccc(F)cc2)cc1C(=O)O. The van der Waals surface area contributed by atoms with Crippen molar-refractivity contribution in [2.24, 2.45) is 0 Å². The number of carbonyl (C=O) groups excluding carboxylic acids is 1. The highest BCUT2D eigenvalue weighted by Crippen LogP contribution is 2.19. The van der Waals surface area contributed by atoms with Crippen LogP contribution in [0.25, 0.3) is 0 Å². The lowest BCUT2D eigenvalue weighted by atomic mass is 10.2. The zero-order chi connectivity index (χ0) is 17.5. The largest absolute Gasteiger partial charge is 0.478 e. The number of benzene rings is 1. The zero-order valence-corrected chi connectivity index (χ0v) is 14.0. The molecule has 0 saturated heterocycles. The first kappa shape index (κ1) is 18.1. The van der Waals surface area contributed by atoms with Crippen LogP contribution in [0.3, 0.4) is 0 Å². The van der Waals surface area contributed by atoms with Gasteiger partial charge in [0.05, 0.1) is 0 Å². The molecule has 0 saturated carbocycles.